The van der Waals surface area contributed by atoms with Gasteiger partial charge in [0.25, 0.3) is 0 Å². The van der Waals surface area contributed by atoms with E-state index in [0.717, 1.165) is 18.5 Å². The van der Waals surface area contributed by atoms with Crippen LogP contribution in [0.15, 0.2) is 18.2 Å². The van der Waals surface area contributed by atoms with Crippen LogP contribution >= 0.6 is 15.9 Å². The Morgan fingerprint density at radius 3 is 2.75 bits per heavy atom. The van der Waals surface area contributed by atoms with Gasteiger partial charge in [-0.25, -0.2) is 0 Å². The van der Waals surface area contributed by atoms with E-state index in [9.17, 15) is 0 Å². The second kappa shape index (κ2) is 7.06. The van der Waals surface area contributed by atoms with E-state index in [0.29, 0.717) is 6.10 Å². The van der Waals surface area contributed by atoms with Gasteiger partial charge in [-0.15, -0.1) is 0 Å². The molecule has 3 heteroatoms. The number of aryl methyl sites for hydroxylation is 2. The smallest absolute Gasteiger partial charge is 0.0599 e. The van der Waals surface area contributed by atoms with E-state index >= 15 is 0 Å². The van der Waals surface area contributed by atoms with Crippen LogP contribution < -0.4 is 0 Å². The fourth-order valence-corrected chi connectivity index (χ4v) is 3.61. The lowest BCUT2D eigenvalue weighted by Gasteiger charge is -2.31. The molecular weight excluding hydrogens is 314 g/mol. The molecule has 0 unspecified atom stereocenters. The zero-order valence-corrected chi connectivity index (χ0v) is 13.7. The molecule has 0 N–H and O–H groups in total. The maximum Gasteiger partial charge on any atom is 0.0599 e. The molecule has 1 aliphatic carbocycles. The van der Waals surface area contributed by atoms with Crippen LogP contribution in [-0.2, 0) is 24.1 Å². The second-order valence-electron chi connectivity index (χ2n) is 5.99. The van der Waals surface area contributed by atoms with Gasteiger partial charge in [0.1, 0.15) is 0 Å². The topological polar surface area (TPSA) is 12.5 Å². The highest BCUT2D eigenvalue weighted by Gasteiger charge is 2.20. The fraction of sp³-hybridized carbons (Fsp3) is 0.647. The minimum Gasteiger partial charge on any atom is -0.377 e. The summed E-state index contributed by atoms with van der Waals surface area (Å²) in [6, 6.07) is 7.12. The first-order valence-corrected chi connectivity index (χ1v) is 8.98. The van der Waals surface area contributed by atoms with Gasteiger partial charge < -0.3 is 4.74 Å². The molecule has 1 aliphatic heterocycles. The molecular formula is C17H24BrNO. The van der Waals surface area contributed by atoms with Crippen LogP contribution in [0.2, 0.25) is 0 Å². The van der Waals surface area contributed by atoms with Crippen LogP contribution in [-0.4, -0.2) is 36.0 Å². The van der Waals surface area contributed by atoms with Gasteiger partial charge in [-0.3, -0.25) is 4.90 Å². The Balaban J connectivity index is 1.50. The molecule has 0 aromatic heterocycles. The van der Waals surface area contributed by atoms with Gasteiger partial charge in [-0.2, -0.15) is 0 Å². The normalized spacial score (nSPS) is 20.2. The van der Waals surface area contributed by atoms with Gasteiger partial charge in [-0.05, 0) is 48.8 Å². The molecule has 0 amide bonds. The predicted molar refractivity (Wildman–Crippen MR) is 86.5 cm³/mol. The van der Waals surface area contributed by atoms with Crippen molar-refractivity contribution in [3.63, 3.8) is 0 Å². The maximum absolute atomic E-state index is 5.82. The van der Waals surface area contributed by atoms with E-state index in [1.807, 2.05) is 0 Å². The monoisotopic (exact) mass is 337 g/mol. The van der Waals surface area contributed by atoms with Crippen molar-refractivity contribution < 1.29 is 4.74 Å². The van der Waals surface area contributed by atoms with Gasteiger partial charge in [-0.1, -0.05) is 34.1 Å². The highest BCUT2D eigenvalue weighted by atomic mass is 79.9. The molecule has 20 heavy (non-hydrogen) atoms. The van der Waals surface area contributed by atoms with Crippen LogP contribution in [0.5, 0.6) is 0 Å². The van der Waals surface area contributed by atoms with Crippen molar-refractivity contribution in [3.05, 3.63) is 34.9 Å². The Labute approximate surface area is 130 Å². The SMILES string of the molecule is BrCCOC1CCN(Cc2ccc3c(c2)CCC3)CC1. The molecule has 0 bridgehead atoms. The highest BCUT2D eigenvalue weighted by Crippen LogP contribution is 2.24. The molecule has 0 saturated carbocycles. The molecule has 1 saturated heterocycles. The van der Waals surface area contributed by atoms with Crippen LogP contribution in [0.4, 0.5) is 0 Å². The number of fused-ring (bicyclic) bond motifs is 1. The lowest BCUT2D eigenvalue weighted by atomic mass is 10.0. The van der Waals surface area contributed by atoms with Gasteiger partial charge >= 0.3 is 0 Å². The van der Waals surface area contributed by atoms with Crippen molar-refractivity contribution in [3.8, 4) is 0 Å². The maximum atomic E-state index is 5.82. The fourth-order valence-electron chi connectivity index (χ4n) is 3.43. The van der Waals surface area contributed by atoms with E-state index in [1.165, 1.54) is 50.8 Å². The Morgan fingerprint density at radius 2 is 1.95 bits per heavy atom. The third-order valence-corrected chi connectivity index (χ3v) is 4.86. The van der Waals surface area contributed by atoms with Crippen molar-refractivity contribution >= 4 is 15.9 Å². The molecule has 3 rings (SSSR count). The standard InChI is InChI=1S/C17H24BrNO/c18-8-11-20-17-6-9-19(10-7-17)13-14-4-5-15-2-1-3-16(15)12-14/h4-5,12,17H,1-3,6-11,13H2. The third-order valence-electron chi connectivity index (χ3n) is 4.53. The Bertz CT molecular complexity index is 441. The molecule has 2 nitrogen and oxygen atoms in total. The number of piperidine rings is 1. The van der Waals surface area contributed by atoms with Crippen LogP contribution in [0, 0.1) is 0 Å². The first-order valence-electron chi connectivity index (χ1n) is 7.86. The summed E-state index contributed by atoms with van der Waals surface area (Å²) in [5.41, 5.74) is 4.67. The summed E-state index contributed by atoms with van der Waals surface area (Å²) < 4.78 is 5.82. The summed E-state index contributed by atoms with van der Waals surface area (Å²) in [6.07, 6.45) is 6.74. The minimum absolute atomic E-state index is 0.476. The quantitative estimate of drug-likeness (QED) is 0.762. The number of benzene rings is 1. The zero-order valence-electron chi connectivity index (χ0n) is 12.1. The largest absolute Gasteiger partial charge is 0.377 e. The number of nitrogens with zero attached hydrogens (tertiary/aromatic N) is 1. The summed E-state index contributed by atoms with van der Waals surface area (Å²) in [5.74, 6) is 0. The summed E-state index contributed by atoms with van der Waals surface area (Å²) in [6.45, 7) is 4.29. The second-order valence-corrected chi connectivity index (χ2v) is 6.78. The van der Waals surface area contributed by atoms with Gasteiger partial charge in [0.15, 0.2) is 0 Å². The molecule has 0 atom stereocenters. The van der Waals surface area contributed by atoms with Crippen LogP contribution in [0.25, 0.3) is 0 Å². The van der Waals surface area contributed by atoms with E-state index in [1.54, 1.807) is 11.1 Å². The van der Waals surface area contributed by atoms with Crippen LogP contribution in [0.3, 0.4) is 0 Å². The number of hydrogen-bond acceptors (Lipinski definition) is 2. The summed E-state index contributed by atoms with van der Waals surface area (Å²) in [7, 11) is 0. The summed E-state index contributed by atoms with van der Waals surface area (Å²) in [5, 5.41) is 0.947. The van der Waals surface area contributed by atoms with Crippen LogP contribution in [0.1, 0.15) is 36.0 Å². The molecule has 1 fully saturated rings. The Kier molecular flexibility index (Phi) is 5.14. The van der Waals surface area contributed by atoms with Gasteiger partial charge in [0, 0.05) is 25.0 Å². The van der Waals surface area contributed by atoms with Crippen molar-refractivity contribution in [2.75, 3.05) is 25.0 Å². The van der Waals surface area contributed by atoms with Crippen molar-refractivity contribution in [1.82, 2.24) is 4.90 Å². The number of alkyl halides is 1. The Morgan fingerprint density at radius 1 is 1.15 bits per heavy atom. The average Bonchev–Trinajstić information content (AvgIpc) is 2.94. The van der Waals surface area contributed by atoms with E-state index in [2.05, 4.69) is 39.0 Å². The van der Waals surface area contributed by atoms with Crippen molar-refractivity contribution in [1.29, 1.82) is 0 Å². The highest BCUT2D eigenvalue weighted by molar-refractivity contribution is 9.09. The third kappa shape index (κ3) is 3.63. The van der Waals surface area contributed by atoms with Crippen molar-refractivity contribution in [2.45, 2.75) is 44.8 Å². The Hall–Kier alpha value is -0.380. The molecule has 0 radical (unpaired) electrons. The molecule has 1 aromatic carbocycles. The minimum atomic E-state index is 0.476. The van der Waals surface area contributed by atoms with E-state index < -0.39 is 0 Å². The molecule has 1 aromatic rings. The first-order chi connectivity index (χ1) is 9.85. The summed E-state index contributed by atoms with van der Waals surface area (Å²) >= 11 is 3.42. The molecule has 1 heterocycles. The average molecular weight is 338 g/mol. The number of likely N-dealkylation sites (tertiary alicyclic amines) is 1. The number of hydrogen-bond donors (Lipinski definition) is 0. The lowest BCUT2D eigenvalue weighted by Crippen LogP contribution is -2.36. The zero-order chi connectivity index (χ0) is 13.8. The van der Waals surface area contributed by atoms with Gasteiger partial charge in [0.2, 0.25) is 0 Å². The van der Waals surface area contributed by atoms with Gasteiger partial charge in [0.05, 0.1) is 12.7 Å². The molecule has 110 valence electrons. The van der Waals surface area contributed by atoms with Crippen molar-refractivity contribution in [2.24, 2.45) is 0 Å². The first kappa shape index (κ1) is 14.6. The number of rotatable bonds is 5. The molecule has 2 aliphatic rings. The number of halogens is 1. The lowest BCUT2D eigenvalue weighted by molar-refractivity contribution is 0.0141. The predicted octanol–water partition coefficient (Wildman–Crippen LogP) is 3.55. The molecule has 0 spiro atoms. The van der Waals surface area contributed by atoms with E-state index in [-0.39, 0.29) is 0 Å². The summed E-state index contributed by atoms with van der Waals surface area (Å²) in [4.78, 5) is 2.57. The number of ether oxygens (including phenoxy) is 1. The van der Waals surface area contributed by atoms with E-state index in [4.69, 9.17) is 4.74 Å².